The Balaban J connectivity index is 2.85. The molecule has 0 aliphatic carbocycles. The van der Waals surface area contributed by atoms with Crippen molar-refractivity contribution in [3.63, 3.8) is 0 Å². The first-order chi connectivity index (χ1) is 9.39. The molecular weight excluding hydrogens is 240 g/mol. The van der Waals surface area contributed by atoms with Gasteiger partial charge in [-0.25, -0.2) is 0 Å². The lowest BCUT2D eigenvalue weighted by Gasteiger charge is -2.30. The average molecular weight is 274 g/mol. The normalized spacial score (nSPS) is 12.7. The van der Waals surface area contributed by atoms with Gasteiger partial charge in [0.2, 0.25) is 0 Å². The predicted molar refractivity (Wildman–Crippen MR) is 91.5 cm³/mol. The van der Waals surface area contributed by atoms with Gasteiger partial charge in [-0.05, 0) is 41.2 Å². The molecule has 20 heavy (non-hydrogen) atoms. The van der Waals surface area contributed by atoms with Crippen LogP contribution in [0.15, 0.2) is 24.3 Å². The van der Waals surface area contributed by atoms with Crippen LogP contribution in [0.5, 0.6) is 0 Å². The highest BCUT2D eigenvalue weighted by Crippen LogP contribution is 2.34. The van der Waals surface area contributed by atoms with Crippen molar-refractivity contribution in [1.82, 2.24) is 0 Å². The maximum absolute atomic E-state index is 2.39. The largest absolute Gasteiger partial charge is 0.0654 e. The molecule has 0 heteroatoms. The molecule has 0 aliphatic heterocycles. The van der Waals surface area contributed by atoms with Gasteiger partial charge in [0.15, 0.2) is 0 Å². The van der Waals surface area contributed by atoms with Gasteiger partial charge in [0.25, 0.3) is 0 Å². The smallest absolute Gasteiger partial charge is 0.00805 e. The molecule has 1 rings (SSSR count). The number of hydrogen-bond acceptors (Lipinski definition) is 0. The molecule has 0 aromatic heterocycles. The van der Waals surface area contributed by atoms with Gasteiger partial charge in [-0.15, -0.1) is 0 Å². The zero-order chi connectivity index (χ0) is 15.2. The lowest BCUT2D eigenvalue weighted by atomic mass is 9.75. The molecule has 1 aromatic carbocycles. The Bertz CT molecular complexity index is 379. The van der Waals surface area contributed by atoms with Crippen molar-refractivity contribution in [3.05, 3.63) is 35.4 Å². The first-order valence-corrected chi connectivity index (χ1v) is 8.50. The third-order valence-electron chi connectivity index (χ3n) is 5.33. The van der Waals surface area contributed by atoms with Crippen molar-refractivity contribution < 1.29 is 0 Å². The highest BCUT2D eigenvalue weighted by atomic mass is 14.3. The molecule has 0 bridgehead atoms. The van der Waals surface area contributed by atoms with Crippen LogP contribution in [0.2, 0.25) is 0 Å². The second-order valence-electron chi connectivity index (χ2n) is 7.19. The monoisotopic (exact) mass is 274 g/mol. The molecule has 0 fully saturated rings. The Morgan fingerprint density at radius 1 is 0.750 bits per heavy atom. The van der Waals surface area contributed by atoms with Crippen molar-refractivity contribution >= 4 is 0 Å². The van der Waals surface area contributed by atoms with Crippen molar-refractivity contribution in [2.24, 2.45) is 0 Å². The van der Waals surface area contributed by atoms with E-state index in [1.807, 2.05) is 0 Å². The van der Waals surface area contributed by atoms with E-state index in [1.54, 1.807) is 0 Å². The van der Waals surface area contributed by atoms with E-state index in [9.17, 15) is 0 Å². The van der Waals surface area contributed by atoms with Gasteiger partial charge in [0.1, 0.15) is 0 Å². The highest BCUT2D eigenvalue weighted by Gasteiger charge is 2.24. The van der Waals surface area contributed by atoms with Crippen LogP contribution in [0, 0.1) is 0 Å². The van der Waals surface area contributed by atoms with Crippen molar-refractivity contribution in [2.45, 2.75) is 90.9 Å². The van der Waals surface area contributed by atoms with Crippen LogP contribution in [-0.2, 0) is 10.8 Å². The van der Waals surface area contributed by atoms with E-state index in [4.69, 9.17) is 0 Å². The lowest BCUT2D eigenvalue weighted by molar-refractivity contribution is 0.434. The Labute approximate surface area is 127 Å². The van der Waals surface area contributed by atoms with E-state index in [-0.39, 0.29) is 0 Å². The van der Waals surface area contributed by atoms with Crippen LogP contribution >= 0.6 is 0 Å². The van der Waals surface area contributed by atoms with E-state index >= 15 is 0 Å². The Morgan fingerprint density at radius 2 is 1.25 bits per heavy atom. The minimum absolute atomic E-state index is 0.308. The molecule has 0 spiro atoms. The van der Waals surface area contributed by atoms with E-state index in [0.29, 0.717) is 10.8 Å². The molecule has 0 atom stereocenters. The predicted octanol–water partition coefficient (Wildman–Crippen LogP) is 6.62. The average Bonchev–Trinajstić information content (AvgIpc) is 2.46. The van der Waals surface area contributed by atoms with Crippen LogP contribution in [0.1, 0.15) is 91.2 Å². The molecule has 0 radical (unpaired) electrons. The molecule has 0 amide bonds. The third kappa shape index (κ3) is 4.11. The second kappa shape index (κ2) is 7.29. The van der Waals surface area contributed by atoms with Gasteiger partial charge in [-0.2, -0.15) is 0 Å². The SMILES string of the molecule is CCCCCC(C)(C)c1ccc(C(C)(CC)CC)cc1. The summed E-state index contributed by atoms with van der Waals surface area (Å²) in [6, 6.07) is 9.46. The van der Waals surface area contributed by atoms with Crippen LogP contribution in [0.25, 0.3) is 0 Å². The van der Waals surface area contributed by atoms with Crippen molar-refractivity contribution in [1.29, 1.82) is 0 Å². The van der Waals surface area contributed by atoms with E-state index in [2.05, 4.69) is 65.8 Å². The first-order valence-electron chi connectivity index (χ1n) is 8.50. The molecule has 1 aromatic rings. The fourth-order valence-electron chi connectivity index (χ4n) is 2.94. The number of hydrogen-bond donors (Lipinski definition) is 0. The molecule has 0 heterocycles. The summed E-state index contributed by atoms with van der Waals surface area (Å²) in [4.78, 5) is 0. The van der Waals surface area contributed by atoms with Gasteiger partial charge in [0.05, 0.1) is 0 Å². The van der Waals surface area contributed by atoms with Crippen LogP contribution in [0.3, 0.4) is 0 Å². The fraction of sp³-hybridized carbons (Fsp3) is 0.700. The molecule has 0 nitrogen and oxygen atoms in total. The van der Waals surface area contributed by atoms with Gasteiger partial charge in [-0.3, -0.25) is 0 Å². The molecule has 114 valence electrons. The highest BCUT2D eigenvalue weighted by molar-refractivity contribution is 5.32. The number of rotatable bonds is 8. The van der Waals surface area contributed by atoms with Gasteiger partial charge in [0, 0.05) is 0 Å². The summed E-state index contributed by atoms with van der Waals surface area (Å²) in [7, 11) is 0. The number of benzene rings is 1. The molecule has 0 aliphatic rings. The van der Waals surface area contributed by atoms with Gasteiger partial charge >= 0.3 is 0 Å². The molecule has 0 saturated heterocycles. The maximum Gasteiger partial charge on any atom is -0.00805 e. The van der Waals surface area contributed by atoms with Gasteiger partial charge in [-0.1, -0.05) is 85.1 Å². The van der Waals surface area contributed by atoms with Crippen molar-refractivity contribution in [3.8, 4) is 0 Å². The first kappa shape index (κ1) is 17.3. The summed E-state index contributed by atoms with van der Waals surface area (Å²) >= 11 is 0. The summed E-state index contributed by atoms with van der Waals surface area (Å²) in [5.74, 6) is 0. The van der Waals surface area contributed by atoms with Gasteiger partial charge < -0.3 is 0 Å². The maximum atomic E-state index is 2.39. The lowest BCUT2D eigenvalue weighted by Crippen LogP contribution is -2.21. The minimum atomic E-state index is 0.308. The summed E-state index contributed by atoms with van der Waals surface area (Å²) in [5, 5.41) is 0. The minimum Gasteiger partial charge on any atom is -0.0654 e. The fourth-order valence-corrected chi connectivity index (χ4v) is 2.94. The molecule has 0 unspecified atom stereocenters. The van der Waals surface area contributed by atoms with Crippen molar-refractivity contribution in [2.75, 3.05) is 0 Å². The third-order valence-corrected chi connectivity index (χ3v) is 5.33. The summed E-state index contributed by atoms with van der Waals surface area (Å²) in [5.41, 5.74) is 3.63. The van der Waals surface area contributed by atoms with E-state index < -0.39 is 0 Å². The van der Waals surface area contributed by atoms with Crippen LogP contribution in [0.4, 0.5) is 0 Å². The Kier molecular flexibility index (Phi) is 6.30. The van der Waals surface area contributed by atoms with Crippen LogP contribution in [-0.4, -0.2) is 0 Å². The summed E-state index contributed by atoms with van der Waals surface area (Å²) < 4.78 is 0. The quantitative estimate of drug-likeness (QED) is 0.467. The van der Waals surface area contributed by atoms with E-state index in [1.165, 1.54) is 49.7 Å². The number of unbranched alkanes of at least 4 members (excludes halogenated alkanes) is 2. The summed E-state index contributed by atoms with van der Waals surface area (Å²) in [6.45, 7) is 14.0. The second-order valence-corrected chi connectivity index (χ2v) is 7.19. The molecular formula is C20H34. The Hall–Kier alpha value is -0.780. The standard InChI is InChI=1S/C20H34/c1-7-10-11-16-19(4,5)17-12-14-18(15-13-17)20(6,8-2)9-3/h12-15H,7-11,16H2,1-6H3. The molecule has 0 N–H and O–H groups in total. The van der Waals surface area contributed by atoms with Crippen LogP contribution < -0.4 is 0 Å². The van der Waals surface area contributed by atoms with E-state index in [0.717, 1.165) is 0 Å². The Morgan fingerprint density at radius 3 is 1.70 bits per heavy atom. The zero-order valence-corrected chi connectivity index (χ0v) is 14.6. The molecule has 0 saturated carbocycles. The topological polar surface area (TPSA) is 0 Å². The summed E-state index contributed by atoms with van der Waals surface area (Å²) in [6.07, 6.45) is 7.71. The zero-order valence-electron chi connectivity index (χ0n) is 14.6.